The molecule has 3 aliphatic rings. The Hall–Kier alpha value is -3.91. The van der Waals surface area contributed by atoms with E-state index in [1.54, 1.807) is 29.9 Å². The Balaban J connectivity index is 1.46. The topological polar surface area (TPSA) is 102 Å². The van der Waals surface area contributed by atoms with Gasteiger partial charge in [-0.1, -0.05) is 12.5 Å². The molecule has 0 spiro atoms. The molecule has 0 amide bonds. The largest absolute Gasteiger partial charge is 0.413 e. The van der Waals surface area contributed by atoms with Crippen LogP contribution in [-0.4, -0.2) is 69.6 Å². The van der Waals surface area contributed by atoms with Crippen LogP contribution in [0.4, 0.5) is 17.6 Å². The van der Waals surface area contributed by atoms with Crippen molar-refractivity contribution >= 4 is 27.6 Å². The number of nitrogens with zero attached hydrogens (tertiary/aromatic N) is 6. The van der Waals surface area contributed by atoms with Crippen molar-refractivity contribution in [2.75, 3.05) is 19.6 Å². The molecule has 2 aliphatic heterocycles. The molecule has 0 N–H and O–H groups in total. The second-order valence-electron chi connectivity index (χ2n) is 10.9. The van der Waals surface area contributed by atoms with Crippen molar-refractivity contribution in [3.8, 4) is 5.69 Å². The van der Waals surface area contributed by atoms with E-state index >= 15 is 0 Å². The Morgan fingerprint density at radius 3 is 2.50 bits per heavy atom. The molecule has 6 rings (SSSR count). The van der Waals surface area contributed by atoms with Crippen LogP contribution in [0.15, 0.2) is 70.0 Å². The van der Waals surface area contributed by atoms with E-state index in [4.69, 9.17) is 0 Å². The number of aliphatic imine (C=N–C) groups is 1. The van der Waals surface area contributed by atoms with Gasteiger partial charge in [0.05, 0.1) is 29.2 Å². The maximum absolute atomic E-state index is 14.3. The predicted octanol–water partition coefficient (Wildman–Crippen LogP) is 3.91. The standard InChI is InChI=1S/C28H26F4N6O3S/c1-17-12-33-24(10-23(17)28(30,31)32)26(39)27-11-18-13-35-38(21-5-3-20(29)4-6-21)25(18)9-19(27)7-8-37(16-27)42(40,41)22-14-34-36(2)15-22/h3-6,9-10,13-15,17H,7-8,11-12,16H2,1-2H3/t17?,27-/m0/s1. The Morgan fingerprint density at radius 2 is 1.83 bits per heavy atom. The second kappa shape index (κ2) is 9.83. The van der Waals surface area contributed by atoms with Crippen molar-refractivity contribution in [3.05, 3.63) is 77.2 Å². The third-order valence-electron chi connectivity index (χ3n) is 8.12. The summed E-state index contributed by atoms with van der Waals surface area (Å²) in [6, 6.07) is 5.70. The van der Waals surface area contributed by atoms with Crippen LogP contribution < -0.4 is 0 Å². The highest BCUT2D eigenvalue weighted by Crippen LogP contribution is 2.47. The van der Waals surface area contributed by atoms with Gasteiger partial charge in [0, 0.05) is 44.4 Å². The number of rotatable bonds is 5. The van der Waals surface area contributed by atoms with Gasteiger partial charge in [-0.3, -0.25) is 14.5 Å². The number of fused-ring (bicyclic) bond motifs is 2. The van der Waals surface area contributed by atoms with Crippen LogP contribution in [0.25, 0.3) is 11.8 Å². The van der Waals surface area contributed by atoms with Crippen LogP contribution in [0, 0.1) is 17.2 Å². The number of aromatic nitrogens is 4. The van der Waals surface area contributed by atoms with Gasteiger partial charge in [-0.2, -0.15) is 27.7 Å². The first-order valence-electron chi connectivity index (χ1n) is 13.2. The summed E-state index contributed by atoms with van der Waals surface area (Å²) in [5, 5.41) is 8.39. The van der Waals surface area contributed by atoms with Crippen LogP contribution in [0.1, 0.15) is 24.6 Å². The van der Waals surface area contributed by atoms with E-state index in [0.29, 0.717) is 22.5 Å². The average molecular weight is 603 g/mol. The zero-order chi connectivity index (χ0) is 30.0. The summed E-state index contributed by atoms with van der Waals surface area (Å²) in [7, 11) is -2.50. The molecule has 1 unspecified atom stereocenters. The third-order valence-corrected chi connectivity index (χ3v) is 9.92. The van der Waals surface area contributed by atoms with E-state index in [9.17, 15) is 30.8 Å². The van der Waals surface area contributed by atoms with Gasteiger partial charge in [0.1, 0.15) is 16.4 Å². The van der Waals surface area contributed by atoms with E-state index in [0.717, 1.165) is 6.08 Å². The van der Waals surface area contributed by atoms with Gasteiger partial charge in [0.15, 0.2) is 5.78 Å². The predicted molar refractivity (Wildman–Crippen MR) is 145 cm³/mol. The van der Waals surface area contributed by atoms with Gasteiger partial charge >= 0.3 is 6.18 Å². The molecule has 1 aromatic carbocycles. The number of Topliss-reactive ketones (excluding diaryl/α,β-unsaturated/α-hetero) is 1. The van der Waals surface area contributed by atoms with Crippen molar-refractivity contribution in [2.24, 2.45) is 23.4 Å². The summed E-state index contributed by atoms with van der Waals surface area (Å²) in [5.74, 6) is -2.01. The molecule has 2 aromatic heterocycles. The number of halogens is 4. The molecule has 4 heterocycles. The number of allylic oxidation sites excluding steroid dienone is 1. The van der Waals surface area contributed by atoms with Gasteiger partial charge in [0.2, 0.25) is 10.0 Å². The zero-order valence-corrected chi connectivity index (χ0v) is 23.5. The number of carbonyl (C=O) groups excluding carboxylic acids is 1. The zero-order valence-electron chi connectivity index (χ0n) is 22.6. The SMILES string of the molecule is CC1CN=C(C(=O)[C@]23Cc4cnn(-c5ccc(F)cc5)c4C=C2CCN(S(=O)(=O)c2cnn(C)c2)C3)C=C1C(F)(F)F. The monoisotopic (exact) mass is 602 g/mol. The number of carbonyl (C=O) groups is 1. The first-order chi connectivity index (χ1) is 19.8. The maximum atomic E-state index is 14.3. The number of hydrogen-bond donors (Lipinski definition) is 0. The molecular formula is C28H26F4N6O3S. The lowest BCUT2D eigenvalue weighted by Crippen LogP contribution is -2.55. The molecule has 9 nitrogen and oxygen atoms in total. The molecule has 2 atom stereocenters. The summed E-state index contributed by atoms with van der Waals surface area (Å²) in [4.78, 5) is 18.5. The quantitative estimate of drug-likeness (QED) is 0.412. The number of aryl methyl sites for hydroxylation is 1. The summed E-state index contributed by atoms with van der Waals surface area (Å²) in [6.45, 7) is 0.936. The number of dihydropyridines is 1. The van der Waals surface area contributed by atoms with Gasteiger partial charge in [-0.15, -0.1) is 0 Å². The van der Waals surface area contributed by atoms with Crippen molar-refractivity contribution in [1.29, 1.82) is 0 Å². The van der Waals surface area contributed by atoms with Crippen LogP contribution >= 0.6 is 0 Å². The Bertz CT molecular complexity index is 1790. The van der Waals surface area contributed by atoms with E-state index in [1.165, 1.54) is 46.6 Å². The number of piperidine rings is 1. The highest BCUT2D eigenvalue weighted by atomic mass is 32.2. The lowest BCUT2D eigenvalue weighted by Gasteiger charge is -2.45. The van der Waals surface area contributed by atoms with Crippen molar-refractivity contribution in [2.45, 2.75) is 30.8 Å². The Labute approximate surface area is 238 Å². The third kappa shape index (κ3) is 4.62. The van der Waals surface area contributed by atoms with Gasteiger partial charge in [0.25, 0.3) is 0 Å². The van der Waals surface area contributed by atoms with E-state index in [-0.39, 0.29) is 43.1 Å². The van der Waals surface area contributed by atoms with Crippen LogP contribution in [0.2, 0.25) is 0 Å². The number of hydrogen-bond acceptors (Lipinski definition) is 6. The van der Waals surface area contributed by atoms with E-state index < -0.39 is 44.7 Å². The van der Waals surface area contributed by atoms with Gasteiger partial charge < -0.3 is 0 Å². The van der Waals surface area contributed by atoms with Crippen LogP contribution in [0.3, 0.4) is 0 Å². The van der Waals surface area contributed by atoms with Gasteiger partial charge in [-0.05, 0) is 54.8 Å². The van der Waals surface area contributed by atoms with Crippen molar-refractivity contribution in [3.63, 3.8) is 0 Å². The first kappa shape index (κ1) is 28.2. The van der Waals surface area contributed by atoms with Crippen LogP contribution in [-0.2, 0) is 28.3 Å². The lowest BCUT2D eigenvalue weighted by molar-refractivity contribution is -0.121. The lowest BCUT2D eigenvalue weighted by atomic mass is 9.65. The minimum Gasteiger partial charge on any atom is -0.291 e. The number of benzene rings is 1. The molecule has 0 saturated carbocycles. The highest BCUT2D eigenvalue weighted by molar-refractivity contribution is 7.89. The first-order valence-corrected chi connectivity index (χ1v) is 14.6. The fraction of sp³-hybridized carbons (Fsp3) is 0.357. The smallest absolute Gasteiger partial charge is 0.291 e. The summed E-state index contributed by atoms with van der Waals surface area (Å²) >= 11 is 0. The number of alkyl halides is 3. The minimum absolute atomic E-state index is 0.00296. The molecular weight excluding hydrogens is 576 g/mol. The average Bonchev–Trinajstić information content (AvgIpc) is 3.57. The van der Waals surface area contributed by atoms with Crippen molar-refractivity contribution in [1.82, 2.24) is 23.9 Å². The maximum Gasteiger partial charge on any atom is 0.413 e. The molecule has 0 radical (unpaired) electrons. The minimum atomic E-state index is -4.64. The Morgan fingerprint density at radius 1 is 1.10 bits per heavy atom. The highest BCUT2D eigenvalue weighted by Gasteiger charge is 2.52. The summed E-state index contributed by atoms with van der Waals surface area (Å²) < 4.78 is 86.4. The molecule has 3 aromatic rings. The number of ketones is 1. The molecule has 1 fully saturated rings. The fourth-order valence-electron chi connectivity index (χ4n) is 5.90. The molecule has 42 heavy (non-hydrogen) atoms. The normalized spacial score (nSPS) is 23.0. The van der Waals surface area contributed by atoms with E-state index in [1.807, 2.05) is 0 Å². The van der Waals surface area contributed by atoms with E-state index in [2.05, 4.69) is 15.2 Å². The number of sulfonamides is 1. The summed E-state index contributed by atoms with van der Waals surface area (Å²) in [5.41, 5.74) is -0.307. The molecule has 1 saturated heterocycles. The molecule has 1 aliphatic carbocycles. The molecule has 0 bridgehead atoms. The second-order valence-corrected chi connectivity index (χ2v) is 12.8. The molecule has 14 heteroatoms. The fourth-order valence-corrected chi connectivity index (χ4v) is 7.39. The van der Waals surface area contributed by atoms with Crippen LogP contribution in [0.5, 0.6) is 0 Å². The van der Waals surface area contributed by atoms with Crippen molar-refractivity contribution < 1.29 is 30.8 Å². The van der Waals surface area contributed by atoms with Gasteiger partial charge in [-0.25, -0.2) is 17.5 Å². The Kier molecular flexibility index (Phi) is 6.61. The summed E-state index contributed by atoms with van der Waals surface area (Å²) in [6.07, 6.45) is 2.16. The molecule has 220 valence electrons.